The molecule has 6 nitrogen and oxygen atoms in total. The number of carbonyl (C=O) groups excluding carboxylic acids is 2. The van der Waals surface area contributed by atoms with Crippen molar-refractivity contribution in [2.24, 2.45) is 11.0 Å². The largest absolute Gasteiger partial charge is 0.507 e. The van der Waals surface area contributed by atoms with Gasteiger partial charge in [0.2, 0.25) is 0 Å². The van der Waals surface area contributed by atoms with Crippen molar-refractivity contribution in [1.82, 2.24) is 10.7 Å². The second-order valence-corrected chi connectivity index (χ2v) is 6.86. The molecule has 2 rings (SSSR count). The van der Waals surface area contributed by atoms with Crippen molar-refractivity contribution >= 4 is 34.0 Å². The predicted molar refractivity (Wildman–Crippen MR) is 104 cm³/mol. The normalized spacial score (nSPS) is 12.2. The molecule has 136 valence electrons. The first kappa shape index (κ1) is 19.7. The molecule has 0 bridgehead atoms. The van der Waals surface area contributed by atoms with Crippen LogP contribution in [-0.2, 0) is 4.79 Å². The monoisotopic (exact) mass is 417 g/mol. The molecule has 2 aromatic rings. The molecule has 2 aromatic carbocycles. The average Bonchev–Trinajstić information content (AvgIpc) is 2.62. The molecule has 26 heavy (non-hydrogen) atoms. The molecular formula is C19H20BrN3O3. The maximum Gasteiger partial charge on any atom is 0.262 e. The fraction of sp³-hybridized carbons (Fsp3) is 0.211. The molecule has 0 aliphatic heterocycles. The van der Waals surface area contributed by atoms with Crippen LogP contribution in [0.3, 0.4) is 0 Å². The van der Waals surface area contributed by atoms with Crippen LogP contribution >= 0.6 is 15.9 Å². The van der Waals surface area contributed by atoms with Gasteiger partial charge in [-0.05, 0) is 57.7 Å². The SMILES string of the molecule is CC(C)C(NC(=O)c1ccccc1)C(=O)N/N=C/c1ccc(O)c(Br)c1. The minimum atomic E-state index is -0.716. The molecule has 0 radical (unpaired) electrons. The number of phenolic OH excluding ortho intramolecular Hbond substituents is 1. The van der Waals surface area contributed by atoms with E-state index in [0.717, 1.165) is 0 Å². The Morgan fingerprint density at radius 2 is 1.85 bits per heavy atom. The lowest BCUT2D eigenvalue weighted by molar-refractivity contribution is -0.123. The molecule has 0 saturated heterocycles. The first-order valence-corrected chi connectivity index (χ1v) is 8.85. The van der Waals surface area contributed by atoms with Crippen molar-refractivity contribution in [3.8, 4) is 5.75 Å². The minimum absolute atomic E-state index is 0.110. The van der Waals surface area contributed by atoms with E-state index in [1.807, 2.05) is 19.9 Å². The first-order chi connectivity index (χ1) is 12.4. The zero-order valence-corrected chi connectivity index (χ0v) is 16.0. The molecule has 1 atom stereocenters. The van der Waals surface area contributed by atoms with E-state index in [2.05, 4.69) is 31.8 Å². The number of hydrazone groups is 1. The molecule has 0 saturated carbocycles. The summed E-state index contributed by atoms with van der Waals surface area (Å²) in [6.45, 7) is 3.69. The fourth-order valence-electron chi connectivity index (χ4n) is 2.19. The zero-order chi connectivity index (χ0) is 19.1. The predicted octanol–water partition coefficient (Wildman–Crippen LogP) is 3.06. The molecule has 0 aliphatic rings. The molecule has 3 N–H and O–H groups in total. The summed E-state index contributed by atoms with van der Waals surface area (Å²) in [6.07, 6.45) is 1.46. The van der Waals surface area contributed by atoms with Crippen molar-refractivity contribution in [2.75, 3.05) is 0 Å². The molecule has 1 unspecified atom stereocenters. The lowest BCUT2D eigenvalue weighted by atomic mass is 10.0. The van der Waals surface area contributed by atoms with Crippen molar-refractivity contribution in [3.63, 3.8) is 0 Å². The van der Waals surface area contributed by atoms with E-state index in [0.29, 0.717) is 15.6 Å². The third-order valence-electron chi connectivity index (χ3n) is 3.63. The van der Waals surface area contributed by atoms with Gasteiger partial charge in [0.1, 0.15) is 11.8 Å². The van der Waals surface area contributed by atoms with E-state index in [4.69, 9.17) is 0 Å². The summed E-state index contributed by atoms with van der Waals surface area (Å²) >= 11 is 3.21. The highest BCUT2D eigenvalue weighted by Crippen LogP contribution is 2.23. The van der Waals surface area contributed by atoms with Gasteiger partial charge in [-0.1, -0.05) is 32.0 Å². The van der Waals surface area contributed by atoms with Gasteiger partial charge in [0.25, 0.3) is 11.8 Å². The molecule has 0 aliphatic carbocycles. The fourth-order valence-corrected chi connectivity index (χ4v) is 2.59. The third-order valence-corrected chi connectivity index (χ3v) is 4.27. The summed E-state index contributed by atoms with van der Waals surface area (Å²) < 4.78 is 0.531. The van der Waals surface area contributed by atoms with Crippen molar-refractivity contribution < 1.29 is 14.7 Å². The van der Waals surface area contributed by atoms with Gasteiger partial charge in [-0.2, -0.15) is 5.10 Å². The van der Waals surface area contributed by atoms with E-state index in [1.165, 1.54) is 12.3 Å². The summed E-state index contributed by atoms with van der Waals surface area (Å²) in [4.78, 5) is 24.6. The lowest BCUT2D eigenvalue weighted by Gasteiger charge is -2.20. The highest BCUT2D eigenvalue weighted by atomic mass is 79.9. The van der Waals surface area contributed by atoms with Gasteiger partial charge in [0.05, 0.1) is 10.7 Å². The van der Waals surface area contributed by atoms with Crippen LogP contribution in [0.25, 0.3) is 0 Å². The Morgan fingerprint density at radius 1 is 1.15 bits per heavy atom. The second kappa shape index (κ2) is 9.15. The van der Waals surface area contributed by atoms with Gasteiger partial charge in [-0.25, -0.2) is 5.43 Å². The van der Waals surface area contributed by atoms with Gasteiger partial charge in [-0.3, -0.25) is 9.59 Å². The van der Waals surface area contributed by atoms with Crippen LogP contribution in [0.1, 0.15) is 29.8 Å². The maximum absolute atomic E-state index is 12.4. The number of carbonyl (C=O) groups is 2. The van der Waals surface area contributed by atoms with Gasteiger partial charge >= 0.3 is 0 Å². The standard InChI is InChI=1S/C19H20BrN3O3/c1-12(2)17(22-18(25)14-6-4-3-5-7-14)19(26)23-21-11-13-8-9-16(24)15(20)10-13/h3-12,17,24H,1-2H3,(H,22,25)(H,23,26)/b21-11+. The Morgan fingerprint density at radius 3 is 2.46 bits per heavy atom. The van der Waals surface area contributed by atoms with Gasteiger partial charge in [0.15, 0.2) is 0 Å². The van der Waals surface area contributed by atoms with Gasteiger partial charge < -0.3 is 10.4 Å². The number of benzene rings is 2. The highest BCUT2D eigenvalue weighted by Gasteiger charge is 2.24. The summed E-state index contributed by atoms with van der Waals surface area (Å²) in [6, 6.07) is 12.8. The second-order valence-electron chi connectivity index (χ2n) is 6.01. The Kier molecular flexibility index (Phi) is 6.91. The van der Waals surface area contributed by atoms with Crippen LogP contribution < -0.4 is 10.7 Å². The number of phenols is 1. The number of aromatic hydroxyl groups is 1. The van der Waals surface area contributed by atoms with E-state index in [-0.39, 0.29) is 17.6 Å². The number of hydrogen-bond donors (Lipinski definition) is 3. The number of nitrogens with one attached hydrogen (secondary N) is 2. The van der Waals surface area contributed by atoms with E-state index in [1.54, 1.807) is 36.4 Å². The number of amides is 2. The number of nitrogens with zero attached hydrogens (tertiary/aromatic N) is 1. The minimum Gasteiger partial charge on any atom is -0.507 e. The topological polar surface area (TPSA) is 90.8 Å². The lowest BCUT2D eigenvalue weighted by Crippen LogP contribution is -2.48. The van der Waals surface area contributed by atoms with Crippen molar-refractivity contribution in [2.45, 2.75) is 19.9 Å². The molecule has 0 heterocycles. The van der Waals surface area contributed by atoms with Crippen molar-refractivity contribution in [1.29, 1.82) is 0 Å². The maximum atomic E-state index is 12.4. The Bertz CT molecular complexity index is 807. The van der Waals surface area contributed by atoms with Crippen LogP contribution in [0.15, 0.2) is 58.1 Å². The summed E-state index contributed by atoms with van der Waals surface area (Å²) in [5, 5.41) is 16.1. The summed E-state index contributed by atoms with van der Waals surface area (Å²) in [7, 11) is 0. The number of hydrogen-bond acceptors (Lipinski definition) is 4. The van der Waals surface area contributed by atoms with E-state index >= 15 is 0 Å². The van der Waals surface area contributed by atoms with E-state index < -0.39 is 11.9 Å². The third kappa shape index (κ3) is 5.42. The smallest absolute Gasteiger partial charge is 0.262 e. The van der Waals surface area contributed by atoms with Crippen LogP contribution in [0, 0.1) is 5.92 Å². The molecule has 0 fully saturated rings. The molecule has 2 amide bonds. The van der Waals surface area contributed by atoms with Crippen molar-refractivity contribution in [3.05, 3.63) is 64.1 Å². The van der Waals surface area contributed by atoms with Gasteiger partial charge in [0, 0.05) is 5.56 Å². The van der Waals surface area contributed by atoms with Gasteiger partial charge in [-0.15, -0.1) is 0 Å². The molecular weight excluding hydrogens is 398 g/mol. The van der Waals surface area contributed by atoms with Crippen LogP contribution in [0.2, 0.25) is 0 Å². The van der Waals surface area contributed by atoms with Crippen LogP contribution in [0.5, 0.6) is 5.75 Å². The van der Waals surface area contributed by atoms with Crippen LogP contribution in [0.4, 0.5) is 0 Å². The quantitative estimate of drug-likeness (QED) is 0.498. The molecule has 0 spiro atoms. The Balaban J connectivity index is 2.00. The summed E-state index contributed by atoms with van der Waals surface area (Å²) in [5.74, 6) is -0.709. The Labute approximate surface area is 160 Å². The average molecular weight is 418 g/mol. The number of halogens is 1. The number of rotatable bonds is 6. The van der Waals surface area contributed by atoms with Crippen LogP contribution in [-0.4, -0.2) is 29.2 Å². The van der Waals surface area contributed by atoms with E-state index in [9.17, 15) is 14.7 Å². The Hall–Kier alpha value is -2.67. The highest BCUT2D eigenvalue weighted by molar-refractivity contribution is 9.10. The summed E-state index contributed by atoms with van der Waals surface area (Å²) in [5.41, 5.74) is 3.63. The first-order valence-electron chi connectivity index (χ1n) is 8.06. The molecule has 0 aromatic heterocycles. The molecule has 7 heteroatoms. The zero-order valence-electron chi connectivity index (χ0n) is 14.4.